The Labute approximate surface area is 146 Å². The molecule has 1 aliphatic rings. The summed E-state index contributed by atoms with van der Waals surface area (Å²) in [5, 5.41) is 0. The highest BCUT2D eigenvalue weighted by Crippen LogP contribution is 2.27. The fraction of sp³-hybridized carbons (Fsp3) is 0.278. The topological polar surface area (TPSA) is 63.7 Å². The maximum atomic E-state index is 13.0. The summed E-state index contributed by atoms with van der Waals surface area (Å²) >= 11 is 0. The molecule has 0 saturated heterocycles. The molecule has 2 aromatic carbocycles. The van der Waals surface area contributed by atoms with Gasteiger partial charge in [-0.2, -0.15) is 4.31 Å². The van der Waals surface area contributed by atoms with Crippen molar-refractivity contribution >= 4 is 16.0 Å². The molecule has 5 nitrogen and oxygen atoms in total. The molecule has 0 aromatic heterocycles. The van der Waals surface area contributed by atoms with Gasteiger partial charge < -0.3 is 4.74 Å². The fourth-order valence-electron chi connectivity index (χ4n) is 3.02. The van der Waals surface area contributed by atoms with Gasteiger partial charge in [-0.3, -0.25) is 4.79 Å². The summed E-state index contributed by atoms with van der Waals surface area (Å²) < 4.78 is 44.6. The third-order valence-electron chi connectivity index (χ3n) is 4.34. The highest BCUT2D eigenvalue weighted by atomic mass is 32.2. The lowest BCUT2D eigenvalue weighted by Crippen LogP contribution is -2.36. The Hall–Kier alpha value is -2.25. The van der Waals surface area contributed by atoms with Gasteiger partial charge in [0.25, 0.3) is 0 Å². The Bertz CT molecular complexity index is 894. The second-order valence-electron chi connectivity index (χ2n) is 5.85. The highest BCUT2D eigenvalue weighted by Gasteiger charge is 2.29. The van der Waals surface area contributed by atoms with Crippen molar-refractivity contribution in [2.24, 2.45) is 0 Å². The Morgan fingerprint density at radius 3 is 2.60 bits per heavy atom. The van der Waals surface area contributed by atoms with E-state index < -0.39 is 15.8 Å². The number of ether oxygens (including phenoxy) is 1. The van der Waals surface area contributed by atoms with E-state index in [0.717, 1.165) is 28.8 Å². The zero-order valence-corrected chi connectivity index (χ0v) is 14.6. The molecule has 0 aliphatic carbocycles. The molecule has 0 saturated carbocycles. The van der Waals surface area contributed by atoms with Crippen molar-refractivity contribution in [3.8, 4) is 0 Å². The number of carbonyl (C=O) groups is 1. The minimum absolute atomic E-state index is 0.0723. The van der Waals surface area contributed by atoms with Gasteiger partial charge in [0.1, 0.15) is 5.82 Å². The normalized spacial score (nSPS) is 14.8. The predicted molar refractivity (Wildman–Crippen MR) is 89.9 cm³/mol. The average molecular weight is 363 g/mol. The van der Waals surface area contributed by atoms with Crippen LogP contribution in [0.2, 0.25) is 0 Å². The van der Waals surface area contributed by atoms with E-state index in [1.54, 1.807) is 0 Å². The van der Waals surface area contributed by atoms with Crippen LogP contribution in [-0.4, -0.2) is 32.3 Å². The number of benzene rings is 2. The molecule has 0 bridgehead atoms. The SMILES string of the molecule is COC(=O)Cc1cccc2c1CCN(S(=O)(=O)c1ccc(F)cc1)C2. The molecular formula is C18H18FNO4S. The molecule has 0 unspecified atom stereocenters. The molecule has 0 fully saturated rings. The van der Waals surface area contributed by atoms with E-state index in [1.807, 2.05) is 18.2 Å². The predicted octanol–water partition coefficient (Wildman–Crippen LogP) is 2.29. The molecule has 1 heterocycles. The molecule has 0 amide bonds. The number of hydrogen-bond donors (Lipinski definition) is 0. The smallest absolute Gasteiger partial charge is 0.309 e. The monoisotopic (exact) mass is 363 g/mol. The molecule has 3 rings (SSSR count). The average Bonchev–Trinajstić information content (AvgIpc) is 2.61. The van der Waals surface area contributed by atoms with E-state index in [9.17, 15) is 17.6 Å². The zero-order valence-electron chi connectivity index (χ0n) is 13.7. The van der Waals surface area contributed by atoms with Crippen LogP contribution < -0.4 is 0 Å². The second kappa shape index (κ2) is 6.93. The largest absolute Gasteiger partial charge is 0.469 e. The van der Waals surface area contributed by atoms with E-state index in [4.69, 9.17) is 4.74 Å². The second-order valence-corrected chi connectivity index (χ2v) is 7.79. The van der Waals surface area contributed by atoms with Crippen LogP contribution in [0.15, 0.2) is 47.4 Å². The Morgan fingerprint density at radius 1 is 1.20 bits per heavy atom. The molecule has 2 aromatic rings. The Morgan fingerprint density at radius 2 is 1.92 bits per heavy atom. The van der Waals surface area contributed by atoms with E-state index in [-0.39, 0.29) is 23.8 Å². The summed E-state index contributed by atoms with van der Waals surface area (Å²) in [4.78, 5) is 11.6. The summed E-state index contributed by atoms with van der Waals surface area (Å²) in [6.07, 6.45) is 0.688. The van der Waals surface area contributed by atoms with Gasteiger partial charge in [0.05, 0.1) is 18.4 Å². The van der Waals surface area contributed by atoms with Gasteiger partial charge in [0.15, 0.2) is 0 Å². The van der Waals surface area contributed by atoms with Crippen LogP contribution in [0.1, 0.15) is 16.7 Å². The number of sulfonamides is 1. The van der Waals surface area contributed by atoms with Crippen molar-refractivity contribution < 1.29 is 22.3 Å². The van der Waals surface area contributed by atoms with Crippen molar-refractivity contribution in [2.45, 2.75) is 24.3 Å². The number of nitrogens with zero attached hydrogens (tertiary/aromatic N) is 1. The van der Waals surface area contributed by atoms with Crippen molar-refractivity contribution in [3.63, 3.8) is 0 Å². The van der Waals surface area contributed by atoms with E-state index in [2.05, 4.69) is 0 Å². The minimum Gasteiger partial charge on any atom is -0.469 e. The number of rotatable bonds is 4. The Kier molecular flexibility index (Phi) is 4.87. The van der Waals surface area contributed by atoms with Gasteiger partial charge in [-0.25, -0.2) is 12.8 Å². The van der Waals surface area contributed by atoms with Crippen LogP contribution in [0.5, 0.6) is 0 Å². The van der Waals surface area contributed by atoms with Gasteiger partial charge >= 0.3 is 5.97 Å². The number of esters is 1. The summed E-state index contributed by atoms with van der Waals surface area (Å²) in [5.41, 5.74) is 2.74. The summed E-state index contributed by atoms with van der Waals surface area (Å²) in [7, 11) is -2.35. The molecule has 0 atom stereocenters. The first-order chi connectivity index (χ1) is 11.9. The quantitative estimate of drug-likeness (QED) is 0.782. The first-order valence-electron chi connectivity index (χ1n) is 7.84. The highest BCUT2D eigenvalue weighted by molar-refractivity contribution is 7.89. The molecule has 132 valence electrons. The lowest BCUT2D eigenvalue weighted by atomic mass is 9.94. The standard InChI is InChI=1S/C18H18FNO4S/c1-24-18(21)11-13-3-2-4-14-12-20(10-9-17(13)14)25(22,23)16-7-5-15(19)6-8-16/h2-8H,9-12H2,1H3. The first kappa shape index (κ1) is 17.6. The number of carbonyl (C=O) groups excluding carboxylic acids is 1. The Balaban J connectivity index is 1.87. The number of halogens is 1. The summed E-state index contributed by atoms with van der Waals surface area (Å²) in [6, 6.07) is 10.4. The van der Waals surface area contributed by atoms with Crippen LogP contribution in [-0.2, 0) is 38.9 Å². The lowest BCUT2D eigenvalue weighted by molar-refractivity contribution is -0.139. The zero-order chi connectivity index (χ0) is 18.0. The third-order valence-corrected chi connectivity index (χ3v) is 6.20. The summed E-state index contributed by atoms with van der Waals surface area (Å²) in [5.74, 6) is -0.801. The van der Waals surface area contributed by atoms with Gasteiger partial charge in [-0.05, 0) is 47.4 Å². The molecule has 25 heavy (non-hydrogen) atoms. The number of hydrogen-bond acceptors (Lipinski definition) is 4. The molecular weight excluding hydrogens is 345 g/mol. The van der Waals surface area contributed by atoms with Crippen LogP contribution in [0.4, 0.5) is 4.39 Å². The third kappa shape index (κ3) is 3.57. The van der Waals surface area contributed by atoms with Crippen LogP contribution in [0, 0.1) is 5.82 Å². The van der Waals surface area contributed by atoms with Crippen LogP contribution >= 0.6 is 0 Å². The number of methoxy groups -OCH3 is 1. The van der Waals surface area contributed by atoms with Crippen molar-refractivity contribution in [1.82, 2.24) is 4.31 Å². The van der Waals surface area contributed by atoms with Crippen LogP contribution in [0.25, 0.3) is 0 Å². The van der Waals surface area contributed by atoms with Gasteiger partial charge in [0.2, 0.25) is 10.0 Å². The fourth-order valence-corrected chi connectivity index (χ4v) is 4.44. The van der Waals surface area contributed by atoms with E-state index >= 15 is 0 Å². The van der Waals surface area contributed by atoms with Crippen molar-refractivity contribution in [1.29, 1.82) is 0 Å². The van der Waals surface area contributed by atoms with Crippen LogP contribution in [0.3, 0.4) is 0 Å². The van der Waals surface area contributed by atoms with E-state index in [1.165, 1.54) is 23.5 Å². The number of fused-ring (bicyclic) bond motifs is 1. The summed E-state index contributed by atoms with van der Waals surface area (Å²) in [6.45, 7) is 0.537. The molecule has 0 spiro atoms. The molecule has 0 N–H and O–H groups in total. The minimum atomic E-state index is -3.69. The molecule has 7 heteroatoms. The molecule has 1 aliphatic heterocycles. The maximum Gasteiger partial charge on any atom is 0.309 e. The maximum absolute atomic E-state index is 13.0. The van der Waals surface area contributed by atoms with Gasteiger partial charge in [-0.1, -0.05) is 18.2 Å². The van der Waals surface area contributed by atoms with Gasteiger partial charge in [0, 0.05) is 13.1 Å². The molecule has 0 radical (unpaired) electrons. The van der Waals surface area contributed by atoms with Gasteiger partial charge in [-0.15, -0.1) is 0 Å². The first-order valence-corrected chi connectivity index (χ1v) is 9.28. The van der Waals surface area contributed by atoms with Crippen molar-refractivity contribution in [2.75, 3.05) is 13.7 Å². The van der Waals surface area contributed by atoms with E-state index in [0.29, 0.717) is 13.0 Å². The lowest BCUT2D eigenvalue weighted by Gasteiger charge is -2.29. The van der Waals surface area contributed by atoms with Crippen molar-refractivity contribution in [3.05, 3.63) is 65.0 Å².